The molecule has 3 N–H and O–H groups in total. The first-order chi connectivity index (χ1) is 9.90. The lowest BCUT2D eigenvalue weighted by Gasteiger charge is -2.10. The van der Waals surface area contributed by atoms with E-state index in [1.54, 1.807) is 13.0 Å². The van der Waals surface area contributed by atoms with Crippen molar-refractivity contribution in [2.45, 2.75) is 6.92 Å². The van der Waals surface area contributed by atoms with E-state index < -0.39 is 5.82 Å². The number of amidine groups is 1. The molecule has 2 rings (SSSR count). The fourth-order valence-electron chi connectivity index (χ4n) is 1.59. The third kappa shape index (κ3) is 3.62. The molecule has 0 radical (unpaired) electrons. The molecule has 110 valence electrons. The Morgan fingerprint density at radius 3 is 2.81 bits per heavy atom. The fraction of sp³-hybridized carbons (Fsp3) is 0.0769. The largest absolute Gasteiger partial charge is 0.438 e. The van der Waals surface area contributed by atoms with Crippen LogP contribution >= 0.6 is 27.5 Å². The van der Waals surface area contributed by atoms with Crippen LogP contribution in [-0.2, 0) is 0 Å². The van der Waals surface area contributed by atoms with E-state index in [4.69, 9.17) is 27.3 Å². The summed E-state index contributed by atoms with van der Waals surface area (Å²) in [7, 11) is 0. The summed E-state index contributed by atoms with van der Waals surface area (Å²) in [4.78, 5) is 4.15. The normalized spacial score (nSPS) is 11.5. The number of benzene rings is 1. The molecule has 21 heavy (non-hydrogen) atoms. The first-order valence-corrected chi connectivity index (χ1v) is 6.87. The van der Waals surface area contributed by atoms with Crippen molar-refractivity contribution in [2.24, 2.45) is 10.9 Å². The van der Waals surface area contributed by atoms with Crippen LogP contribution in [0.4, 0.5) is 4.39 Å². The Morgan fingerprint density at radius 1 is 1.43 bits per heavy atom. The summed E-state index contributed by atoms with van der Waals surface area (Å²) in [6, 6.07) is 5.62. The SMILES string of the molecule is Cc1cc(/C(N)=N/O)cc(Oc2cc(F)c(Cl)cc2Br)n1. The highest BCUT2D eigenvalue weighted by atomic mass is 79.9. The summed E-state index contributed by atoms with van der Waals surface area (Å²) in [5.41, 5.74) is 6.56. The molecule has 0 fully saturated rings. The minimum absolute atomic E-state index is 0.0243. The van der Waals surface area contributed by atoms with Crippen LogP contribution in [0.3, 0.4) is 0 Å². The summed E-state index contributed by atoms with van der Waals surface area (Å²) in [6.07, 6.45) is 0. The van der Waals surface area contributed by atoms with E-state index in [-0.39, 0.29) is 22.5 Å². The first kappa shape index (κ1) is 15.5. The van der Waals surface area contributed by atoms with E-state index in [0.29, 0.717) is 15.7 Å². The number of oxime groups is 1. The number of nitrogens with two attached hydrogens (primary N) is 1. The predicted molar refractivity (Wildman–Crippen MR) is 80.7 cm³/mol. The average molecular weight is 375 g/mol. The molecule has 0 atom stereocenters. The second-order valence-corrected chi connectivity index (χ2v) is 5.38. The van der Waals surface area contributed by atoms with Gasteiger partial charge in [-0.1, -0.05) is 16.8 Å². The molecule has 5 nitrogen and oxygen atoms in total. The quantitative estimate of drug-likeness (QED) is 0.281. The maximum absolute atomic E-state index is 13.5. The molecule has 1 heterocycles. The molecule has 0 aliphatic heterocycles. The molecule has 0 aliphatic carbocycles. The minimum atomic E-state index is -0.612. The number of aromatic nitrogens is 1. The number of hydrogen-bond acceptors (Lipinski definition) is 4. The van der Waals surface area contributed by atoms with Crippen LogP contribution in [0.15, 0.2) is 33.9 Å². The number of aryl methyl sites for hydroxylation is 1. The number of hydrogen-bond donors (Lipinski definition) is 2. The fourth-order valence-corrected chi connectivity index (χ4v) is 2.31. The molecule has 8 heteroatoms. The zero-order chi connectivity index (χ0) is 15.6. The monoisotopic (exact) mass is 373 g/mol. The Balaban J connectivity index is 2.40. The van der Waals surface area contributed by atoms with Crippen molar-refractivity contribution < 1.29 is 14.3 Å². The van der Waals surface area contributed by atoms with Gasteiger partial charge in [-0.15, -0.1) is 0 Å². The Hall–Kier alpha value is -1.86. The molecule has 0 aliphatic rings. The van der Waals surface area contributed by atoms with Crippen molar-refractivity contribution in [3.8, 4) is 11.6 Å². The van der Waals surface area contributed by atoms with Crippen LogP contribution in [0.5, 0.6) is 11.6 Å². The summed E-state index contributed by atoms with van der Waals surface area (Å²) < 4.78 is 19.5. The van der Waals surface area contributed by atoms with E-state index in [0.717, 1.165) is 6.07 Å². The Bertz CT molecular complexity index is 725. The predicted octanol–water partition coefficient (Wildman–Crippen LogP) is 3.83. The van der Waals surface area contributed by atoms with Gasteiger partial charge in [0.15, 0.2) is 5.84 Å². The average Bonchev–Trinajstić information content (AvgIpc) is 2.43. The number of pyridine rings is 1. The lowest BCUT2D eigenvalue weighted by molar-refractivity contribution is 0.318. The molecular formula is C13H10BrClFN3O2. The van der Waals surface area contributed by atoms with Gasteiger partial charge in [0.25, 0.3) is 0 Å². The maximum Gasteiger partial charge on any atom is 0.220 e. The van der Waals surface area contributed by atoms with Gasteiger partial charge in [-0.25, -0.2) is 9.37 Å². The van der Waals surface area contributed by atoms with Gasteiger partial charge < -0.3 is 15.7 Å². The molecular weight excluding hydrogens is 365 g/mol. The highest BCUT2D eigenvalue weighted by Crippen LogP contribution is 2.33. The van der Waals surface area contributed by atoms with E-state index in [9.17, 15) is 4.39 Å². The molecule has 2 aromatic rings. The zero-order valence-electron chi connectivity index (χ0n) is 10.8. The van der Waals surface area contributed by atoms with E-state index in [1.807, 2.05) is 0 Å². The topological polar surface area (TPSA) is 80.7 Å². The highest BCUT2D eigenvalue weighted by molar-refractivity contribution is 9.10. The van der Waals surface area contributed by atoms with Gasteiger partial charge in [-0.2, -0.15) is 0 Å². The third-order valence-corrected chi connectivity index (χ3v) is 3.43. The second-order valence-electron chi connectivity index (χ2n) is 4.12. The number of halogens is 3. The van der Waals surface area contributed by atoms with Gasteiger partial charge in [0, 0.05) is 23.4 Å². The highest BCUT2D eigenvalue weighted by Gasteiger charge is 2.11. The van der Waals surface area contributed by atoms with Gasteiger partial charge in [0.2, 0.25) is 5.88 Å². The molecule has 0 unspecified atom stereocenters. The van der Waals surface area contributed by atoms with Crippen LogP contribution in [0.2, 0.25) is 5.02 Å². The lowest BCUT2D eigenvalue weighted by Crippen LogP contribution is -2.13. The third-order valence-electron chi connectivity index (χ3n) is 2.52. The van der Waals surface area contributed by atoms with E-state index in [2.05, 4.69) is 26.1 Å². The summed E-state index contributed by atoms with van der Waals surface area (Å²) in [5, 5.41) is 11.6. The lowest BCUT2D eigenvalue weighted by atomic mass is 10.2. The van der Waals surface area contributed by atoms with Crippen molar-refractivity contribution >= 4 is 33.4 Å². The minimum Gasteiger partial charge on any atom is -0.438 e. The Kier molecular flexibility index (Phi) is 4.64. The molecule has 0 amide bonds. The number of ether oxygens (including phenoxy) is 1. The smallest absolute Gasteiger partial charge is 0.220 e. The van der Waals surface area contributed by atoms with Crippen molar-refractivity contribution in [1.82, 2.24) is 4.98 Å². The second kappa shape index (κ2) is 6.28. The molecule has 0 saturated carbocycles. The number of nitrogens with zero attached hydrogens (tertiary/aromatic N) is 2. The van der Waals surface area contributed by atoms with Gasteiger partial charge in [0.05, 0.1) is 9.50 Å². The van der Waals surface area contributed by atoms with Gasteiger partial charge >= 0.3 is 0 Å². The van der Waals surface area contributed by atoms with Gasteiger partial charge in [-0.3, -0.25) is 0 Å². The first-order valence-electron chi connectivity index (χ1n) is 5.69. The van der Waals surface area contributed by atoms with Crippen LogP contribution in [0.25, 0.3) is 0 Å². The van der Waals surface area contributed by atoms with Crippen molar-refractivity contribution in [3.05, 3.63) is 50.8 Å². The molecule has 1 aromatic carbocycles. The van der Waals surface area contributed by atoms with Crippen molar-refractivity contribution in [3.63, 3.8) is 0 Å². The standard InChI is InChI=1S/C13H10BrClFN3O2/c1-6-2-7(13(17)19-20)3-12(18-6)21-11-5-10(16)9(15)4-8(11)14/h2-5,20H,1H3,(H2,17,19). The van der Waals surface area contributed by atoms with Crippen LogP contribution in [-0.4, -0.2) is 16.0 Å². The molecule has 1 aromatic heterocycles. The summed E-state index contributed by atoms with van der Waals surface area (Å²) >= 11 is 8.89. The zero-order valence-corrected chi connectivity index (χ0v) is 13.1. The maximum atomic E-state index is 13.5. The van der Waals surface area contributed by atoms with Crippen LogP contribution < -0.4 is 10.5 Å². The van der Waals surface area contributed by atoms with Crippen LogP contribution in [0.1, 0.15) is 11.3 Å². The van der Waals surface area contributed by atoms with Crippen LogP contribution in [0, 0.1) is 12.7 Å². The van der Waals surface area contributed by atoms with Gasteiger partial charge in [0.1, 0.15) is 11.6 Å². The Labute approximate surface area is 133 Å². The van der Waals surface area contributed by atoms with E-state index >= 15 is 0 Å². The summed E-state index contributed by atoms with van der Waals surface area (Å²) in [5.74, 6) is -0.301. The van der Waals surface area contributed by atoms with Crippen molar-refractivity contribution in [2.75, 3.05) is 0 Å². The molecule has 0 bridgehead atoms. The van der Waals surface area contributed by atoms with Crippen molar-refractivity contribution in [1.29, 1.82) is 0 Å². The molecule has 0 saturated heterocycles. The number of rotatable bonds is 3. The van der Waals surface area contributed by atoms with E-state index in [1.165, 1.54) is 12.1 Å². The van der Waals surface area contributed by atoms with Gasteiger partial charge in [-0.05, 0) is 35.0 Å². The summed E-state index contributed by atoms with van der Waals surface area (Å²) in [6.45, 7) is 1.72. The Morgan fingerprint density at radius 2 is 2.14 bits per heavy atom. The molecule has 0 spiro atoms.